The number of tetrazole rings is 1. The minimum Gasteiger partial charge on any atom is -0.340 e. The molecule has 12 heteroatoms. The Hall–Kier alpha value is -4.90. The first kappa shape index (κ1) is 23.8. The summed E-state index contributed by atoms with van der Waals surface area (Å²) in [5.74, 6) is -0.465. The van der Waals surface area contributed by atoms with Gasteiger partial charge < -0.3 is 10.6 Å². The molecule has 37 heavy (non-hydrogen) atoms. The van der Waals surface area contributed by atoms with Gasteiger partial charge in [-0.1, -0.05) is 41.9 Å². The van der Waals surface area contributed by atoms with Crippen molar-refractivity contribution < 1.29 is 9.59 Å². The molecular weight excluding hydrogens is 494 g/mol. The third-order valence-electron chi connectivity index (χ3n) is 5.49. The van der Waals surface area contributed by atoms with Crippen LogP contribution in [0.25, 0.3) is 22.8 Å². The lowest BCUT2D eigenvalue weighted by molar-refractivity contribution is -0.123. The Labute approximate surface area is 215 Å². The summed E-state index contributed by atoms with van der Waals surface area (Å²) in [6.07, 6.45) is 6.26. The molecule has 3 aromatic heterocycles. The molecular formula is C25H20ClN9O2. The minimum atomic E-state index is -0.868. The standard InChI is InChI=1S/C25H20ClN9O2/c26-18-9-10-21(35-15-28-33-34-35)17(14-18)8-11-22(36)29-20(13-16-5-2-1-3-6-16)25(37)30-24-19-7-4-12-27-23(19)31-32-24/h1-12,14-15,20H,13H2,(H,29,36)(H2,27,30,31,32,37)/b11-8+/t20-/m0/s1. The van der Waals surface area contributed by atoms with Crippen molar-refractivity contribution in [1.29, 1.82) is 0 Å². The number of hydrogen-bond donors (Lipinski definition) is 3. The summed E-state index contributed by atoms with van der Waals surface area (Å²) in [6.45, 7) is 0. The lowest BCUT2D eigenvalue weighted by atomic mass is 10.0. The molecule has 5 aromatic rings. The molecule has 11 nitrogen and oxygen atoms in total. The number of benzene rings is 2. The van der Waals surface area contributed by atoms with E-state index in [1.165, 1.54) is 17.1 Å². The van der Waals surface area contributed by atoms with Gasteiger partial charge in [0.15, 0.2) is 5.65 Å². The number of aromatic amines is 1. The van der Waals surface area contributed by atoms with Crippen LogP contribution >= 0.6 is 11.6 Å². The number of fused-ring (bicyclic) bond motifs is 1. The number of carbonyl (C=O) groups is 2. The van der Waals surface area contributed by atoms with Crippen molar-refractivity contribution in [2.45, 2.75) is 12.5 Å². The zero-order chi connectivity index (χ0) is 25.6. The van der Waals surface area contributed by atoms with Crippen LogP contribution in [0.1, 0.15) is 11.1 Å². The summed E-state index contributed by atoms with van der Waals surface area (Å²) in [4.78, 5) is 30.4. The van der Waals surface area contributed by atoms with Crippen LogP contribution in [-0.2, 0) is 16.0 Å². The first-order valence-corrected chi connectivity index (χ1v) is 11.6. The fraction of sp³-hybridized carbons (Fsp3) is 0.0800. The Morgan fingerprint density at radius 1 is 1.11 bits per heavy atom. The monoisotopic (exact) mass is 513 g/mol. The summed E-state index contributed by atoms with van der Waals surface area (Å²) < 4.78 is 1.46. The van der Waals surface area contributed by atoms with E-state index in [0.717, 1.165) is 5.56 Å². The highest BCUT2D eigenvalue weighted by atomic mass is 35.5. The highest BCUT2D eigenvalue weighted by molar-refractivity contribution is 6.30. The second-order valence-electron chi connectivity index (χ2n) is 8.00. The Balaban J connectivity index is 1.36. The molecule has 0 aliphatic carbocycles. The van der Waals surface area contributed by atoms with Crippen molar-refractivity contribution in [1.82, 2.24) is 40.7 Å². The molecule has 3 heterocycles. The second kappa shape index (κ2) is 10.8. The third-order valence-corrected chi connectivity index (χ3v) is 5.73. The first-order valence-electron chi connectivity index (χ1n) is 11.2. The van der Waals surface area contributed by atoms with Crippen molar-refractivity contribution in [3.63, 3.8) is 0 Å². The summed E-state index contributed by atoms with van der Waals surface area (Å²) in [7, 11) is 0. The zero-order valence-electron chi connectivity index (χ0n) is 19.2. The zero-order valence-corrected chi connectivity index (χ0v) is 20.0. The van der Waals surface area contributed by atoms with E-state index in [1.54, 1.807) is 42.6 Å². The Bertz CT molecular complexity index is 1570. The topological polar surface area (TPSA) is 143 Å². The maximum absolute atomic E-state index is 13.3. The number of hydrogen-bond acceptors (Lipinski definition) is 7. The van der Waals surface area contributed by atoms with Gasteiger partial charge in [0, 0.05) is 29.3 Å². The molecule has 2 aromatic carbocycles. The molecule has 0 saturated carbocycles. The average molecular weight is 514 g/mol. The van der Waals surface area contributed by atoms with E-state index in [0.29, 0.717) is 33.1 Å². The molecule has 3 N–H and O–H groups in total. The highest BCUT2D eigenvalue weighted by Gasteiger charge is 2.22. The quantitative estimate of drug-likeness (QED) is 0.270. The number of pyridine rings is 1. The van der Waals surface area contributed by atoms with Gasteiger partial charge in [-0.25, -0.2) is 4.98 Å². The molecule has 0 bridgehead atoms. The second-order valence-corrected chi connectivity index (χ2v) is 8.44. The fourth-order valence-electron chi connectivity index (χ4n) is 3.74. The van der Waals surface area contributed by atoms with Gasteiger partial charge in [-0.2, -0.15) is 9.78 Å². The predicted molar refractivity (Wildman–Crippen MR) is 138 cm³/mol. The Morgan fingerprint density at radius 2 is 1.97 bits per heavy atom. The van der Waals surface area contributed by atoms with Crippen LogP contribution in [0.5, 0.6) is 0 Å². The maximum Gasteiger partial charge on any atom is 0.248 e. The van der Waals surface area contributed by atoms with E-state index in [9.17, 15) is 9.59 Å². The van der Waals surface area contributed by atoms with Gasteiger partial charge in [0.1, 0.15) is 18.2 Å². The van der Waals surface area contributed by atoms with Crippen LogP contribution in [0.4, 0.5) is 5.82 Å². The SMILES string of the molecule is O=C(/C=C/c1cc(Cl)ccc1-n1cnnn1)N[C@@H](Cc1ccccc1)C(=O)Nc1[nH]nc2ncccc12. The predicted octanol–water partition coefficient (Wildman–Crippen LogP) is 2.97. The molecule has 2 amide bonds. The van der Waals surface area contributed by atoms with E-state index in [-0.39, 0.29) is 6.42 Å². The van der Waals surface area contributed by atoms with Gasteiger partial charge >= 0.3 is 0 Å². The number of aromatic nitrogens is 7. The van der Waals surface area contributed by atoms with Crippen molar-refractivity contribution in [3.05, 3.63) is 95.4 Å². The van der Waals surface area contributed by atoms with Gasteiger partial charge in [0.2, 0.25) is 11.8 Å². The number of rotatable bonds is 8. The minimum absolute atomic E-state index is 0.281. The van der Waals surface area contributed by atoms with E-state index in [4.69, 9.17) is 11.6 Å². The number of H-pyrrole nitrogens is 1. The van der Waals surface area contributed by atoms with E-state index < -0.39 is 17.9 Å². The number of carbonyl (C=O) groups excluding carboxylic acids is 2. The lowest BCUT2D eigenvalue weighted by Crippen LogP contribution is -2.44. The summed E-state index contributed by atoms with van der Waals surface area (Å²) in [5.41, 5.74) is 2.62. The third kappa shape index (κ3) is 5.68. The summed E-state index contributed by atoms with van der Waals surface area (Å²) in [5, 5.41) is 24.8. The maximum atomic E-state index is 13.3. The van der Waals surface area contributed by atoms with E-state index in [2.05, 4.69) is 41.3 Å². The fourth-order valence-corrected chi connectivity index (χ4v) is 3.92. The first-order chi connectivity index (χ1) is 18.1. The van der Waals surface area contributed by atoms with Crippen molar-refractivity contribution >= 4 is 46.3 Å². The van der Waals surface area contributed by atoms with Crippen LogP contribution in [0.3, 0.4) is 0 Å². The van der Waals surface area contributed by atoms with Crippen LogP contribution in [0.15, 0.2) is 79.3 Å². The molecule has 0 aliphatic heterocycles. The summed E-state index contributed by atoms with van der Waals surface area (Å²) >= 11 is 6.16. The number of amides is 2. The number of nitrogens with zero attached hydrogens (tertiary/aromatic N) is 6. The summed E-state index contributed by atoms with van der Waals surface area (Å²) in [6, 6.07) is 17.2. The Kier molecular flexibility index (Phi) is 6.95. The van der Waals surface area contributed by atoms with Crippen molar-refractivity contribution in [2.24, 2.45) is 0 Å². The van der Waals surface area contributed by atoms with Gasteiger partial charge in [-0.15, -0.1) is 5.10 Å². The highest BCUT2D eigenvalue weighted by Crippen LogP contribution is 2.21. The smallest absolute Gasteiger partial charge is 0.248 e. The number of halogens is 1. The van der Waals surface area contributed by atoms with E-state index in [1.807, 2.05) is 30.3 Å². The van der Waals surface area contributed by atoms with Crippen LogP contribution in [0, 0.1) is 0 Å². The molecule has 0 unspecified atom stereocenters. The molecule has 1 atom stereocenters. The molecule has 0 radical (unpaired) electrons. The molecule has 0 saturated heterocycles. The molecule has 0 aliphatic rings. The number of anilines is 1. The molecule has 0 fully saturated rings. The van der Waals surface area contributed by atoms with Gasteiger partial charge in [-0.3, -0.25) is 14.7 Å². The van der Waals surface area contributed by atoms with Gasteiger partial charge in [0.05, 0.1) is 11.1 Å². The van der Waals surface area contributed by atoms with Crippen LogP contribution < -0.4 is 10.6 Å². The lowest BCUT2D eigenvalue weighted by Gasteiger charge is -2.17. The Morgan fingerprint density at radius 3 is 2.78 bits per heavy atom. The molecule has 5 rings (SSSR count). The van der Waals surface area contributed by atoms with Crippen molar-refractivity contribution in [3.8, 4) is 5.69 Å². The average Bonchev–Trinajstić information content (AvgIpc) is 3.59. The van der Waals surface area contributed by atoms with Gasteiger partial charge in [0.25, 0.3) is 0 Å². The van der Waals surface area contributed by atoms with Crippen LogP contribution in [0.2, 0.25) is 5.02 Å². The number of nitrogens with one attached hydrogen (secondary N) is 3. The van der Waals surface area contributed by atoms with E-state index >= 15 is 0 Å². The molecule has 184 valence electrons. The van der Waals surface area contributed by atoms with Gasteiger partial charge in [-0.05, 0) is 52.4 Å². The van der Waals surface area contributed by atoms with Crippen LogP contribution in [-0.4, -0.2) is 53.2 Å². The largest absolute Gasteiger partial charge is 0.340 e. The molecule has 0 spiro atoms. The van der Waals surface area contributed by atoms with Crippen molar-refractivity contribution in [2.75, 3.05) is 5.32 Å². The normalized spacial score (nSPS) is 12.0.